The maximum absolute atomic E-state index is 13.0. The van der Waals surface area contributed by atoms with Crippen molar-refractivity contribution < 1.29 is 13.8 Å². The Morgan fingerprint density at radius 2 is 2.09 bits per heavy atom. The van der Waals surface area contributed by atoms with E-state index in [2.05, 4.69) is 12.2 Å². The lowest BCUT2D eigenvalue weighted by Gasteiger charge is -2.12. The largest absolute Gasteiger partial charge is 0.319 e. The van der Waals surface area contributed by atoms with Crippen LogP contribution in [0.3, 0.4) is 0 Å². The van der Waals surface area contributed by atoms with Crippen molar-refractivity contribution >= 4 is 23.2 Å². The molecule has 0 fully saturated rings. The van der Waals surface area contributed by atoms with Gasteiger partial charge in [-0.2, -0.15) is 4.57 Å². The molecular weight excluding hydrogens is 303 g/mol. The molecule has 1 amide bonds. The number of carbonyl (C=O) groups excluding carboxylic acids is 1. The molecule has 0 bridgehead atoms. The number of pyridine rings is 1. The van der Waals surface area contributed by atoms with Crippen molar-refractivity contribution in [3.05, 3.63) is 58.6 Å². The Balaban J connectivity index is 2.22. The molecule has 116 valence electrons. The molecule has 0 radical (unpaired) electrons. The number of hydrogen-bond donors (Lipinski definition) is 1. The van der Waals surface area contributed by atoms with Crippen molar-refractivity contribution in [3.8, 4) is 0 Å². The average Bonchev–Trinajstić information content (AvgIpc) is 2.49. The molecule has 1 atom stereocenters. The molecule has 1 N–H and O–H groups in total. The zero-order chi connectivity index (χ0) is 16.3. The van der Waals surface area contributed by atoms with Gasteiger partial charge in [0, 0.05) is 25.5 Å². The van der Waals surface area contributed by atoms with Crippen LogP contribution in [0.1, 0.15) is 31.1 Å². The number of amides is 1. The van der Waals surface area contributed by atoms with Crippen LogP contribution in [0.15, 0.2) is 36.5 Å². The van der Waals surface area contributed by atoms with Crippen LogP contribution >= 0.6 is 11.6 Å². The van der Waals surface area contributed by atoms with E-state index in [4.69, 9.17) is 11.6 Å². The summed E-state index contributed by atoms with van der Waals surface area (Å²) in [6.07, 6.45) is 2.88. The van der Waals surface area contributed by atoms with E-state index in [1.165, 1.54) is 18.2 Å². The van der Waals surface area contributed by atoms with E-state index in [1.807, 2.05) is 36.7 Å². The average molecular weight is 322 g/mol. The zero-order valence-corrected chi connectivity index (χ0v) is 13.6. The van der Waals surface area contributed by atoms with Crippen LogP contribution < -0.4 is 9.88 Å². The maximum atomic E-state index is 13.0. The fourth-order valence-corrected chi connectivity index (χ4v) is 2.43. The lowest BCUT2D eigenvalue weighted by molar-refractivity contribution is -0.711. The molecule has 0 saturated heterocycles. The van der Waals surface area contributed by atoms with Gasteiger partial charge in [0.1, 0.15) is 5.82 Å². The van der Waals surface area contributed by atoms with Gasteiger partial charge in [-0.15, -0.1) is 0 Å². The van der Waals surface area contributed by atoms with E-state index in [-0.39, 0.29) is 10.9 Å². The second-order valence-corrected chi connectivity index (χ2v) is 5.64. The van der Waals surface area contributed by atoms with Crippen molar-refractivity contribution in [1.82, 2.24) is 0 Å². The first kappa shape index (κ1) is 16.4. The number of aromatic nitrogens is 1. The molecule has 1 aromatic carbocycles. The summed E-state index contributed by atoms with van der Waals surface area (Å²) in [6, 6.07) is 7.55. The van der Waals surface area contributed by atoms with E-state index < -0.39 is 11.9 Å². The van der Waals surface area contributed by atoms with Crippen LogP contribution in [-0.4, -0.2) is 5.91 Å². The number of rotatable bonds is 4. The summed E-state index contributed by atoms with van der Waals surface area (Å²) >= 11 is 5.94. The Morgan fingerprint density at radius 3 is 2.73 bits per heavy atom. The third kappa shape index (κ3) is 3.63. The molecule has 0 aliphatic heterocycles. The highest BCUT2D eigenvalue weighted by Gasteiger charge is 2.25. The van der Waals surface area contributed by atoms with E-state index >= 15 is 0 Å². The molecule has 1 aromatic heterocycles. The molecule has 0 saturated carbocycles. The summed E-state index contributed by atoms with van der Waals surface area (Å²) < 4.78 is 15.0. The molecule has 0 aliphatic rings. The van der Waals surface area contributed by atoms with Crippen LogP contribution in [0.4, 0.5) is 10.1 Å². The minimum absolute atomic E-state index is 0.185. The van der Waals surface area contributed by atoms with Crippen LogP contribution in [0, 0.1) is 12.7 Å². The number of anilines is 1. The summed E-state index contributed by atoms with van der Waals surface area (Å²) in [4.78, 5) is 12.4. The van der Waals surface area contributed by atoms with Crippen LogP contribution in [-0.2, 0) is 11.2 Å². The van der Waals surface area contributed by atoms with Crippen molar-refractivity contribution in [2.75, 3.05) is 5.32 Å². The van der Waals surface area contributed by atoms with Crippen LogP contribution in [0.5, 0.6) is 0 Å². The fourth-order valence-electron chi connectivity index (χ4n) is 2.22. The highest BCUT2D eigenvalue weighted by molar-refractivity contribution is 6.33. The van der Waals surface area contributed by atoms with Gasteiger partial charge in [-0.3, -0.25) is 4.79 Å². The molecule has 22 heavy (non-hydrogen) atoms. The van der Waals surface area contributed by atoms with E-state index in [0.717, 1.165) is 17.7 Å². The van der Waals surface area contributed by atoms with Gasteiger partial charge in [-0.25, -0.2) is 4.39 Å². The topological polar surface area (TPSA) is 33.0 Å². The second kappa shape index (κ2) is 6.88. The maximum Gasteiger partial charge on any atom is 0.293 e. The predicted molar refractivity (Wildman–Crippen MR) is 85.5 cm³/mol. The molecule has 0 aliphatic carbocycles. The third-order valence-electron chi connectivity index (χ3n) is 3.64. The number of hydrogen-bond acceptors (Lipinski definition) is 1. The normalized spacial score (nSPS) is 12.0. The Bertz CT molecular complexity index is 703. The first-order chi connectivity index (χ1) is 10.4. The van der Waals surface area contributed by atoms with Gasteiger partial charge in [0.25, 0.3) is 5.91 Å². The van der Waals surface area contributed by atoms with E-state index in [1.54, 1.807) is 0 Å². The van der Waals surface area contributed by atoms with Crippen molar-refractivity contribution in [2.45, 2.75) is 33.2 Å². The molecular formula is C17H19ClFN2O+. The smallest absolute Gasteiger partial charge is 0.293 e. The monoisotopic (exact) mass is 321 g/mol. The van der Waals surface area contributed by atoms with Crippen LogP contribution in [0.25, 0.3) is 0 Å². The van der Waals surface area contributed by atoms with E-state index in [0.29, 0.717) is 5.69 Å². The summed E-state index contributed by atoms with van der Waals surface area (Å²) in [7, 11) is 0. The zero-order valence-electron chi connectivity index (χ0n) is 12.9. The Labute approximate surface area is 134 Å². The Hall–Kier alpha value is -1.94. The van der Waals surface area contributed by atoms with Crippen molar-refractivity contribution in [2.24, 2.45) is 0 Å². The first-order valence-electron chi connectivity index (χ1n) is 7.19. The summed E-state index contributed by atoms with van der Waals surface area (Å²) in [6.45, 7) is 5.84. The molecule has 0 unspecified atom stereocenters. The molecule has 1 heterocycles. The highest BCUT2D eigenvalue weighted by atomic mass is 35.5. The molecule has 5 heteroatoms. The van der Waals surface area contributed by atoms with Gasteiger partial charge in [0.15, 0.2) is 11.9 Å². The Kier molecular flexibility index (Phi) is 5.14. The molecule has 2 aromatic rings. The molecule has 3 nitrogen and oxygen atoms in total. The van der Waals surface area contributed by atoms with Gasteiger partial charge in [0.05, 0.1) is 10.7 Å². The number of benzene rings is 1. The number of carbonyl (C=O) groups is 1. The summed E-state index contributed by atoms with van der Waals surface area (Å²) in [5.74, 6) is -0.633. The first-order valence-corrected chi connectivity index (χ1v) is 7.56. The van der Waals surface area contributed by atoms with Crippen molar-refractivity contribution in [1.29, 1.82) is 0 Å². The standard InChI is InChI=1S/C17H18ClFN2O/c1-4-13-6-5-11(2)21(10-13)12(3)17(22)20-16-8-7-14(19)9-15(16)18/h5-10,12H,4H2,1-3H3/p+1/t12-/m1/s1. The summed E-state index contributed by atoms with van der Waals surface area (Å²) in [5, 5.41) is 2.93. The SMILES string of the molecule is CCc1ccc(C)[n+]([C@H](C)C(=O)Nc2ccc(F)cc2Cl)c1. The van der Waals surface area contributed by atoms with Gasteiger partial charge in [-0.05, 0) is 30.7 Å². The number of nitrogens with zero attached hydrogens (tertiary/aromatic N) is 1. The number of aryl methyl sites for hydroxylation is 2. The van der Waals surface area contributed by atoms with Gasteiger partial charge < -0.3 is 5.32 Å². The third-order valence-corrected chi connectivity index (χ3v) is 3.96. The fraction of sp³-hybridized carbons (Fsp3) is 0.294. The van der Waals surface area contributed by atoms with Gasteiger partial charge in [-0.1, -0.05) is 18.5 Å². The van der Waals surface area contributed by atoms with Gasteiger partial charge >= 0.3 is 0 Å². The quantitative estimate of drug-likeness (QED) is 0.853. The lowest BCUT2D eigenvalue weighted by atomic mass is 10.1. The number of nitrogens with one attached hydrogen (secondary N) is 1. The summed E-state index contributed by atoms with van der Waals surface area (Å²) in [5.41, 5.74) is 2.56. The van der Waals surface area contributed by atoms with Gasteiger partial charge in [0.2, 0.25) is 6.04 Å². The minimum Gasteiger partial charge on any atom is -0.319 e. The lowest BCUT2D eigenvalue weighted by Crippen LogP contribution is -2.47. The Morgan fingerprint density at radius 1 is 1.36 bits per heavy atom. The van der Waals surface area contributed by atoms with Crippen molar-refractivity contribution in [3.63, 3.8) is 0 Å². The highest BCUT2D eigenvalue weighted by Crippen LogP contribution is 2.23. The second-order valence-electron chi connectivity index (χ2n) is 5.23. The minimum atomic E-state index is -0.433. The predicted octanol–water partition coefficient (Wildman–Crippen LogP) is 3.84. The molecule has 0 spiro atoms. The number of halogens is 2. The van der Waals surface area contributed by atoms with E-state index in [9.17, 15) is 9.18 Å². The van der Waals surface area contributed by atoms with Crippen LogP contribution in [0.2, 0.25) is 5.02 Å². The molecule has 2 rings (SSSR count).